The monoisotopic (exact) mass is 907 g/mol. The van der Waals surface area contributed by atoms with Crippen molar-refractivity contribution in [2.45, 2.75) is 23.5 Å². The molecule has 1 aliphatic heterocycles. The molecule has 17 heteroatoms. The smallest absolute Gasteiger partial charge is 0.340 e. The highest BCUT2D eigenvalue weighted by Crippen LogP contribution is 2.59. The van der Waals surface area contributed by atoms with E-state index >= 15 is 0 Å². The number of rotatable bonds is 5. The van der Waals surface area contributed by atoms with Crippen LogP contribution in [0, 0.1) is 57.7 Å². The maximum absolute atomic E-state index is 14.4. The van der Waals surface area contributed by atoms with Crippen molar-refractivity contribution >= 4 is 95.8 Å². The zero-order valence-electron chi connectivity index (χ0n) is 18.6. The van der Waals surface area contributed by atoms with Gasteiger partial charge in [-0.1, -0.05) is 0 Å². The SMILES string of the molecule is O=C(OC1C2CC3C1OC(=O)C3C2C(=O)Oc1c(F)c(F)c(S(=O)(=O)[O-])c(F)c1F)c1c(I)cc(I)cc1I. The van der Waals surface area contributed by atoms with Crippen LogP contribution in [0.2, 0.25) is 0 Å². The molecule has 2 aliphatic carbocycles. The minimum absolute atomic E-state index is 0.140. The van der Waals surface area contributed by atoms with Crippen LogP contribution >= 0.6 is 67.8 Å². The van der Waals surface area contributed by atoms with Gasteiger partial charge in [-0.3, -0.25) is 9.59 Å². The number of esters is 3. The Morgan fingerprint density at radius 1 is 0.974 bits per heavy atom. The number of hydrogen-bond acceptors (Lipinski definition) is 9. The standard InChI is InChI=1S/C22H11F4I3O9S/c23-12-14(25)19(39(33,34)35)15(26)13(24)18(12)38-21(31)10-6-3-5-9(10)20(30)36-16(5)17(6)37-22(32)11-7(28)1-4(27)2-8(11)29/h1-2,5-6,9-10,16-17H,3H2,(H,33,34,35)/p-1. The molecule has 3 fully saturated rings. The first-order valence-electron chi connectivity index (χ1n) is 10.7. The Kier molecular flexibility index (Phi) is 7.62. The summed E-state index contributed by atoms with van der Waals surface area (Å²) in [7, 11) is -5.97. The third-order valence-electron chi connectivity index (χ3n) is 6.91. The zero-order valence-corrected chi connectivity index (χ0v) is 25.8. The molecule has 2 saturated carbocycles. The molecule has 0 aromatic heterocycles. The first-order valence-corrected chi connectivity index (χ1v) is 15.4. The molecule has 6 atom stereocenters. The third kappa shape index (κ3) is 4.72. The Hall–Kier alpha value is -1.33. The van der Waals surface area contributed by atoms with Crippen molar-refractivity contribution in [2.24, 2.45) is 23.7 Å². The number of benzene rings is 2. The highest BCUT2D eigenvalue weighted by Gasteiger charge is 2.70. The van der Waals surface area contributed by atoms with Gasteiger partial charge in [0, 0.05) is 22.5 Å². The summed E-state index contributed by atoms with van der Waals surface area (Å²) in [5.74, 6) is -19.2. The molecule has 6 unspecified atom stereocenters. The fourth-order valence-electron chi connectivity index (χ4n) is 5.46. The van der Waals surface area contributed by atoms with E-state index < -0.39 is 97.8 Å². The average Bonchev–Trinajstić information content (AvgIpc) is 3.43. The number of fused-ring (bicyclic) bond motifs is 1. The van der Waals surface area contributed by atoms with Crippen LogP contribution in [0.4, 0.5) is 17.6 Å². The van der Waals surface area contributed by atoms with Gasteiger partial charge in [-0.15, -0.1) is 0 Å². The van der Waals surface area contributed by atoms with Crippen molar-refractivity contribution in [2.75, 3.05) is 0 Å². The molecule has 208 valence electrons. The summed E-state index contributed by atoms with van der Waals surface area (Å²) in [4.78, 5) is 36.3. The number of carbonyl (C=O) groups excluding carboxylic acids is 3. The third-order valence-corrected chi connectivity index (χ3v) is 10.1. The number of halogens is 7. The van der Waals surface area contributed by atoms with Crippen molar-refractivity contribution in [3.05, 3.63) is 51.7 Å². The van der Waals surface area contributed by atoms with Crippen LogP contribution in [0.3, 0.4) is 0 Å². The van der Waals surface area contributed by atoms with Gasteiger partial charge in [0.2, 0.25) is 17.4 Å². The molecule has 1 saturated heterocycles. The number of ether oxygens (including phenoxy) is 3. The van der Waals surface area contributed by atoms with Gasteiger partial charge in [0.25, 0.3) is 0 Å². The van der Waals surface area contributed by atoms with E-state index in [2.05, 4.69) is 27.3 Å². The molecule has 9 nitrogen and oxygen atoms in total. The molecule has 39 heavy (non-hydrogen) atoms. The maximum Gasteiger partial charge on any atom is 0.340 e. The average molecular weight is 907 g/mol. The van der Waals surface area contributed by atoms with Crippen LogP contribution in [-0.4, -0.2) is 43.1 Å². The lowest BCUT2D eigenvalue weighted by atomic mass is 9.78. The van der Waals surface area contributed by atoms with E-state index in [4.69, 9.17) is 9.47 Å². The van der Waals surface area contributed by atoms with Crippen LogP contribution in [0.1, 0.15) is 16.8 Å². The largest absolute Gasteiger partial charge is 0.744 e. The highest BCUT2D eigenvalue weighted by molar-refractivity contribution is 14.1. The summed E-state index contributed by atoms with van der Waals surface area (Å²) >= 11 is 5.97. The molecule has 2 aromatic rings. The molecule has 0 radical (unpaired) electrons. The van der Waals surface area contributed by atoms with E-state index in [1.165, 1.54) is 0 Å². The zero-order chi connectivity index (χ0) is 28.7. The van der Waals surface area contributed by atoms with Crippen LogP contribution in [0.5, 0.6) is 5.75 Å². The number of carbonyl (C=O) groups is 3. The molecule has 1 heterocycles. The molecular weight excluding hydrogens is 897 g/mol. The summed E-state index contributed by atoms with van der Waals surface area (Å²) in [6, 6.07) is 3.47. The van der Waals surface area contributed by atoms with Gasteiger partial charge < -0.3 is 18.8 Å². The van der Waals surface area contributed by atoms with Gasteiger partial charge in [0.15, 0.2) is 11.6 Å². The van der Waals surface area contributed by atoms with Crippen LogP contribution in [0.25, 0.3) is 0 Å². The molecule has 2 bridgehead atoms. The van der Waals surface area contributed by atoms with Gasteiger partial charge in [0.1, 0.15) is 27.2 Å². The van der Waals surface area contributed by atoms with Gasteiger partial charge in [0.05, 0.1) is 17.4 Å². The summed E-state index contributed by atoms with van der Waals surface area (Å²) in [6.07, 6.45) is -1.88. The Labute approximate surface area is 257 Å². The van der Waals surface area contributed by atoms with E-state index in [-0.39, 0.29) is 12.0 Å². The van der Waals surface area contributed by atoms with E-state index in [1.54, 1.807) is 12.1 Å². The normalized spacial score (nSPS) is 27.0. The van der Waals surface area contributed by atoms with Crippen molar-refractivity contribution < 1.29 is 59.1 Å². The van der Waals surface area contributed by atoms with E-state index in [1.807, 2.05) is 45.2 Å². The molecular formula is C22H10F4I3O9S-. The van der Waals surface area contributed by atoms with Gasteiger partial charge >= 0.3 is 17.9 Å². The Bertz CT molecular complexity index is 1530. The van der Waals surface area contributed by atoms with Crippen LogP contribution < -0.4 is 4.74 Å². The summed E-state index contributed by atoms with van der Waals surface area (Å²) in [5, 5.41) is 0. The quantitative estimate of drug-likeness (QED) is 0.109. The topological polar surface area (TPSA) is 136 Å². The molecule has 3 aliphatic rings. The summed E-state index contributed by atoms with van der Waals surface area (Å²) in [5.41, 5.74) is 0.239. The lowest BCUT2D eigenvalue weighted by Gasteiger charge is -2.30. The Morgan fingerprint density at radius 3 is 2.08 bits per heavy atom. The van der Waals surface area contributed by atoms with Gasteiger partial charge in [-0.2, -0.15) is 8.78 Å². The minimum Gasteiger partial charge on any atom is -0.744 e. The van der Waals surface area contributed by atoms with Gasteiger partial charge in [-0.25, -0.2) is 22.0 Å². The first-order chi connectivity index (χ1) is 18.1. The van der Waals surface area contributed by atoms with Crippen molar-refractivity contribution in [3.63, 3.8) is 0 Å². The van der Waals surface area contributed by atoms with Crippen molar-refractivity contribution in [1.82, 2.24) is 0 Å². The minimum atomic E-state index is -5.97. The Balaban J connectivity index is 1.45. The van der Waals surface area contributed by atoms with E-state index in [0.717, 1.165) is 3.57 Å². The molecule has 0 spiro atoms. The van der Waals surface area contributed by atoms with Crippen molar-refractivity contribution in [1.29, 1.82) is 0 Å². The van der Waals surface area contributed by atoms with E-state index in [9.17, 15) is 44.9 Å². The number of hydrogen-bond donors (Lipinski definition) is 0. The molecule has 0 N–H and O–H groups in total. The first kappa shape index (κ1) is 29.2. The fourth-order valence-corrected chi connectivity index (χ4v) is 10.1. The lowest BCUT2D eigenvalue weighted by Crippen LogP contribution is -2.44. The summed E-state index contributed by atoms with van der Waals surface area (Å²) < 4.78 is 108. The highest BCUT2D eigenvalue weighted by atomic mass is 127. The van der Waals surface area contributed by atoms with E-state index in [0.29, 0.717) is 7.14 Å². The second kappa shape index (κ2) is 10.2. The fraction of sp³-hybridized carbons (Fsp3) is 0.318. The second-order valence-corrected chi connectivity index (χ2v) is 13.8. The predicted octanol–water partition coefficient (Wildman–Crippen LogP) is 3.90. The molecule has 5 rings (SSSR count). The van der Waals surface area contributed by atoms with Crippen LogP contribution in [-0.2, 0) is 29.2 Å². The second-order valence-electron chi connectivity index (χ2n) is 8.92. The predicted molar refractivity (Wildman–Crippen MR) is 142 cm³/mol. The lowest BCUT2D eigenvalue weighted by molar-refractivity contribution is -0.150. The van der Waals surface area contributed by atoms with Crippen molar-refractivity contribution in [3.8, 4) is 5.75 Å². The Morgan fingerprint density at radius 2 is 1.54 bits per heavy atom. The molecule has 2 aromatic carbocycles. The maximum atomic E-state index is 14.4. The van der Waals surface area contributed by atoms with Crippen LogP contribution in [0.15, 0.2) is 17.0 Å². The summed E-state index contributed by atoms with van der Waals surface area (Å²) in [6.45, 7) is 0. The molecule has 0 amide bonds. The van der Waals surface area contributed by atoms with Gasteiger partial charge in [-0.05, 0) is 86.3 Å².